The molecule has 5 rings (SSSR count). The number of phenols is 1. The molecule has 2 aromatic heterocycles. The Hall–Kier alpha value is -3.26. The molecular weight excluding hydrogens is 438 g/mol. The number of aromatic hydroxyl groups is 1. The zero-order chi connectivity index (χ0) is 22.8. The Morgan fingerprint density at radius 1 is 1.09 bits per heavy atom. The summed E-state index contributed by atoms with van der Waals surface area (Å²) in [5.74, 6) is 2.27. The number of nitrogens with zero attached hydrogens (tertiary/aromatic N) is 3. The highest BCUT2D eigenvalue weighted by Gasteiger charge is 2.24. The van der Waals surface area contributed by atoms with E-state index in [1.165, 1.54) is 31.4 Å². The normalized spacial score (nSPS) is 14.6. The van der Waals surface area contributed by atoms with Gasteiger partial charge < -0.3 is 14.3 Å². The van der Waals surface area contributed by atoms with E-state index < -0.39 is 5.63 Å². The van der Waals surface area contributed by atoms with E-state index >= 15 is 0 Å². The third kappa shape index (κ3) is 4.48. The summed E-state index contributed by atoms with van der Waals surface area (Å²) in [7, 11) is 1.66. The van der Waals surface area contributed by atoms with Crippen LogP contribution in [-0.2, 0) is 5.75 Å². The number of hydrogen-bond donors (Lipinski definition) is 1. The molecule has 4 aromatic rings. The topological polar surface area (TPSA) is 90.4 Å². The van der Waals surface area contributed by atoms with Crippen LogP contribution in [0.4, 0.5) is 0 Å². The van der Waals surface area contributed by atoms with Crippen LogP contribution in [0.1, 0.15) is 43.7 Å². The van der Waals surface area contributed by atoms with Gasteiger partial charge >= 0.3 is 5.63 Å². The van der Waals surface area contributed by atoms with E-state index in [4.69, 9.17) is 9.15 Å². The lowest BCUT2D eigenvalue weighted by Gasteiger charge is -2.25. The summed E-state index contributed by atoms with van der Waals surface area (Å²) in [4.78, 5) is 12.1. The van der Waals surface area contributed by atoms with E-state index in [9.17, 15) is 9.90 Å². The van der Waals surface area contributed by atoms with E-state index in [0.29, 0.717) is 17.4 Å². The zero-order valence-electron chi connectivity index (χ0n) is 18.4. The van der Waals surface area contributed by atoms with Crippen molar-refractivity contribution in [3.63, 3.8) is 0 Å². The number of rotatable bonds is 6. The molecule has 2 heterocycles. The van der Waals surface area contributed by atoms with Crippen molar-refractivity contribution in [2.45, 2.75) is 49.1 Å². The molecule has 7 nitrogen and oxygen atoms in total. The Morgan fingerprint density at radius 3 is 2.64 bits per heavy atom. The van der Waals surface area contributed by atoms with Crippen LogP contribution in [0.15, 0.2) is 62.9 Å². The second-order valence-electron chi connectivity index (χ2n) is 8.26. The Morgan fingerprint density at radius 2 is 1.88 bits per heavy atom. The van der Waals surface area contributed by atoms with Crippen molar-refractivity contribution < 1.29 is 14.3 Å². The molecule has 1 N–H and O–H groups in total. The SMILES string of the molecule is COc1ccc(-c2nnc(SCc3cc(=O)oc4cc(O)ccc34)n2C2CCCCC2)cc1. The van der Waals surface area contributed by atoms with E-state index in [0.717, 1.165) is 46.1 Å². The summed E-state index contributed by atoms with van der Waals surface area (Å²) < 4.78 is 12.8. The molecule has 0 amide bonds. The molecule has 0 saturated heterocycles. The average molecular weight is 464 g/mol. The van der Waals surface area contributed by atoms with Crippen LogP contribution < -0.4 is 10.4 Å². The number of ether oxygens (including phenoxy) is 1. The number of hydrogen-bond acceptors (Lipinski definition) is 7. The van der Waals surface area contributed by atoms with Gasteiger partial charge in [-0.05, 0) is 54.8 Å². The molecule has 0 aliphatic heterocycles. The first kappa shape index (κ1) is 21.6. The van der Waals surface area contributed by atoms with Gasteiger partial charge in [0.25, 0.3) is 0 Å². The summed E-state index contributed by atoms with van der Waals surface area (Å²) in [5, 5.41) is 20.5. The molecular formula is C25H25N3O4S. The van der Waals surface area contributed by atoms with Crippen molar-refractivity contribution in [2.24, 2.45) is 0 Å². The van der Waals surface area contributed by atoms with Crippen LogP contribution in [0.3, 0.4) is 0 Å². The molecule has 2 aromatic carbocycles. The maximum absolute atomic E-state index is 12.1. The lowest BCUT2D eigenvalue weighted by atomic mass is 9.95. The number of benzene rings is 2. The molecule has 0 atom stereocenters. The van der Waals surface area contributed by atoms with Crippen LogP contribution in [0.5, 0.6) is 11.5 Å². The summed E-state index contributed by atoms with van der Waals surface area (Å²) >= 11 is 1.57. The molecule has 170 valence electrons. The minimum Gasteiger partial charge on any atom is -0.508 e. The third-order valence-electron chi connectivity index (χ3n) is 6.12. The van der Waals surface area contributed by atoms with Gasteiger partial charge in [-0.1, -0.05) is 31.0 Å². The van der Waals surface area contributed by atoms with Crippen molar-refractivity contribution in [3.05, 3.63) is 64.5 Å². The van der Waals surface area contributed by atoms with Crippen molar-refractivity contribution >= 4 is 22.7 Å². The van der Waals surface area contributed by atoms with Gasteiger partial charge in [0.05, 0.1) is 7.11 Å². The summed E-state index contributed by atoms with van der Waals surface area (Å²) in [6.07, 6.45) is 5.86. The van der Waals surface area contributed by atoms with Gasteiger partial charge in [-0.15, -0.1) is 10.2 Å². The van der Waals surface area contributed by atoms with E-state index in [-0.39, 0.29) is 5.75 Å². The molecule has 8 heteroatoms. The Bertz CT molecular complexity index is 1320. The monoisotopic (exact) mass is 463 g/mol. The smallest absolute Gasteiger partial charge is 0.336 e. The first-order valence-corrected chi connectivity index (χ1v) is 12.1. The van der Waals surface area contributed by atoms with E-state index in [1.54, 1.807) is 31.0 Å². The highest BCUT2D eigenvalue weighted by atomic mass is 32.2. The Kier molecular flexibility index (Phi) is 6.09. The number of methoxy groups -OCH3 is 1. The second kappa shape index (κ2) is 9.31. The highest BCUT2D eigenvalue weighted by Crippen LogP contribution is 2.37. The quantitative estimate of drug-likeness (QED) is 0.296. The Balaban J connectivity index is 1.50. The fraction of sp³-hybridized carbons (Fsp3) is 0.320. The predicted octanol–water partition coefficient (Wildman–Crippen LogP) is 5.56. The summed E-state index contributed by atoms with van der Waals surface area (Å²) in [6, 6.07) is 14.6. The number of phenolic OH excluding ortho intramolecular Hbond substituents is 1. The van der Waals surface area contributed by atoms with Gasteiger partial charge in [-0.25, -0.2) is 4.79 Å². The molecule has 0 bridgehead atoms. The summed E-state index contributed by atoms with van der Waals surface area (Å²) in [6.45, 7) is 0. The second-order valence-corrected chi connectivity index (χ2v) is 9.20. The fourth-order valence-electron chi connectivity index (χ4n) is 4.46. The van der Waals surface area contributed by atoms with Gasteiger partial charge in [-0.2, -0.15) is 0 Å². The molecule has 1 aliphatic carbocycles. The van der Waals surface area contributed by atoms with Crippen LogP contribution in [0.2, 0.25) is 0 Å². The van der Waals surface area contributed by atoms with Gasteiger partial charge in [0.15, 0.2) is 11.0 Å². The van der Waals surface area contributed by atoms with Crippen LogP contribution in [0, 0.1) is 0 Å². The summed E-state index contributed by atoms with van der Waals surface area (Å²) in [5.41, 5.74) is 1.79. The van der Waals surface area contributed by atoms with Gasteiger partial charge in [-0.3, -0.25) is 4.57 Å². The number of aromatic nitrogens is 3. The fourth-order valence-corrected chi connectivity index (χ4v) is 5.46. The molecule has 0 radical (unpaired) electrons. The molecule has 33 heavy (non-hydrogen) atoms. The van der Waals surface area contributed by atoms with Gasteiger partial charge in [0, 0.05) is 34.9 Å². The largest absolute Gasteiger partial charge is 0.508 e. The van der Waals surface area contributed by atoms with Crippen LogP contribution in [0.25, 0.3) is 22.4 Å². The number of thioether (sulfide) groups is 1. The molecule has 0 unspecified atom stereocenters. The van der Waals surface area contributed by atoms with Crippen molar-refractivity contribution in [1.29, 1.82) is 0 Å². The minimum atomic E-state index is -0.434. The first-order chi connectivity index (χ1) is 16.1. The van der Waals surface area contributed by atoms with Crippen molar-refractivity contribution in [2.75, 3.05) is 7.11 Å². The van der Waals surface area contributed by atoms with Gasteiger partial charge in [0.1, 0.15) is 17.1 Å². The van der Waals surface area contributed by atoms with E-state index in [1.807, 2.05) is 24.3 Å². The molecule has 1 fully saturated rings. The average Bonchev–Trinajstić information content (AvgIpc) is 3.26. The Labute approximate surface area is 195 Å². The standard InChI is InChI=1S/C25H25N3O4S/c1-31-20-10-7-16(8-11-20)24-26-27-25(28(24)18-5-3-2-4-6-18)33-15-17-13-23(30)32-22-14-19(29)9-12-21(17)22/h7-14,18,29H,2-6,15H2,1H3. The maximum Gasteiger partial charge on any atom is 0.336 e. The molecule has 1 saturated carbocycles. The first-order valence-electron chi connectivity index (χ1n) is 11.1. The molecule has 0 spiro atoms. The predicted molar refractivity (Wildman–Crippen MR) is 128 cm³/mol. The van der Waals surface area contributed by atoms with E-state index in [2.05, 4.69) is 14.8 Å². The lowest BCUT2D eigenvalue weighted by Crippen LogP contribution is -2.15. The lowest BCUT2D eigenvalue weighted by molar-refractivity contribution is 0.339. The highest BCUT2D eigenvalue weighted by molar-refractivity contribution is 7.98. The minimum absolute atomic E-state index is 0.0663. The number of fused-ring (bicyclic) bond motifs is 1. The van der Waals surface area contributed by atoms with Gasteiger partial charge in [0.2, 0.25) is 0 Å². The zero-order valence-corrected chi connectivity index (χ0v) is 19.2. The van der Waals surface area contributed by atoms with Crippen LogP contribution >= 0.6 is 11.8 Å². The van der Waals surface area contributed by atoms with Crippen molar-refractivity contribution in [1.82, 2.24) is 14.8 Å². The van der Waals surface area contributed by atoms with Crippen molar-refractivity contribution in [3.8, 4) is 22.9 Å². The molecule has 1 aliphatic rings. The maximum atomic E-state index is 12.1. The van der Waals surface area contributed by atoms with Crippen LogP contribution in [-0.4, -0.2) is 27.0 Å². The third-order valence-corrected chi connectivity index (χ3v) is 7.12.